The van der Waals surface area contributed by atoms with Crippen LogP contribution in [0.1, 0.15) is 24.2 Å². The van der Waals surface area contributed by atoms with Crippen LogP contribution in [0.25, 0.3) is 0 Å². The molecule has 0 unspecified atom stereocenters. The fraction of sp³-hybridized carbons (Fsp3) is 0.300. The normalized spacial score (nSPS) is 11.0. The van der Waals surface area contributed by atoms with E-state index in [-0.39, 0.29) is 68.6 Å². The molecule has 0 bridgehead atoms. The minimum absolute atomic E-state index is 0. The molecule has 0 aliphatic heterocycles. The van der Waals surface area contributed by atoms with E-state index in [4.69, 9.17) is 0 Å². The third-order valence-electron chi connectivity index (χ3n) is 1.95. The van der Waals surface area contributed by atoms with Gasteiger partial charge in [-0.05, 0) is 6.07 Å². The van der Waals surface area contributed by atoms with Crippen molar-refractivity contribution in [3.05, 3.63) is 29.8 Å². The van der Waals surface area contributed by atoms with Crippen molar-refractivity contribution >= 4 is 15.9 Å². The summed E-state index contributed by atoms with van der Waals surface area (Å²) in [5.74, 6) is -0.682. The van der Waals surface area contributed by atoms with Crippen molar-refractivity contribution in [2.45, 2.75) is 18.7 Å². The van der Waals surface area contributed by atoms with Crippen LogP contribution in [0.15, 0.2) is 29.2 Å². The van der Waals surface area contributed by atoms with Gasteiger partial charge in [-0.2, -0.15) is 0 Å². The van der Waals surface area contributed by atoms with Crippen molar-refractivity contribution < 1.29 is 69.1 Å². The molecule has 6 heteroatoms. The first-order chi connectivity index (χ1) is 6.84. The predicted molar refractivity (Wildman–Crippen MR) is 53.6 cm³/mol. The number of hydrogen-bond acceptors (Lipinski definition) is 4. The zero-order valence-electron chi connectivity index (χ0n) is 9.43. The summed E-state index contributed by atoms with van der Waals surface area (Å²) >= 11 is 0. The van der Waals surface area contributed by atoms with Crippen molar-refractivity contribution in [2.24, 2.45) is 5.92 Å². The first-order valence-corrected chi connectivity index (χ1v) is 5.84. The van der Waals surface area contributed by atoms with Crippen LogP contribution in [-0.2, 0) is 10.1 Å². The summed E-state index contributed by atoms with van der Waals surface area (Å²) in [6.07, 6.45) is 0. The van der Waals surface area contributed by atoms with E-state index in [1.807, 2.05) is 0 Å². The summed E-state index contributed by atoms with van der Waals surface area (Å²) in [7, 11) is -4.58. The second-order valence-electron chi connectivity index (χ2n) is 3.47. The van der Waals surface area contributed by atoms with E-state index in [0.29, 0.717) is 0 Å². The van der Waals surface area contributed by atoms with Gasteiger partial charge in [0.1, 0.15) is 10.1 Å². The van der Waals surface area contributed by atoms with E-state index in [2.05, 4.69) is 0 Å². The zero-order valence-corrected chi connectivity index (χ0v) is 13.4. The Morgan fingerprint density at radius 3 is 2.19 bits per heavy atom. The topological polar surface area (TPSA) is 74.3 Å². The van der Waals surface area contributed by atoms with Gasteiger partial charge in [0.25, 0.3) is 0 Å². The van der Waals surface area contributed by atoms with Gasteiger partial charge in [0.05, 0.1) is 4.90 Å². The smallest absolute Gasteiger partial charge is 0.744 e. The van der Waals surface area contributed by atoms with Crippen LogP contribution < -0.4 is 51.4 Å². The molecular weight excluding hydrogens is 255 g/mol. The number of carbonyl (C=O) groups excluding carboxylic acids is 1. The van der Waals surface area contributed by atoms with Crippen molar-refractivity contribution in [3.63, 3.8) is 0 Å². The average molecular weight is 266 g/mol. The maximum Gasteiger partial charge on any atom is 1.00 e. The van der Waals surface area contributed by atoms with Gasteiger partial charge in [0.15, 0.2) is 5.78 Å². The second-order valence-corrected chi connectivity index (χ2v) is 4.82. The van der Waals surface area contributed by atoms with Crippen LogP contribution in [0, 0.1) is 5.92 Å². The first-order valence-electron chi connectivity index (χ1n) is 4.43. The molecule has 0 aliphatic rings. The quantitative estimate of drug-likeness (QED) is 0.376. The van der Waals surface area contributed by atoms with Gasteiger partial charge in [-0.1, -0.05) is 32.0 Å². The molecule has 0 aromatic heterocycles. The third-order valence-corrected chi connectivity index (χ3v) is 2.84. The minimum atomic E-state index is -4.58. The summed E-state index contributed by atoms with van der Waals surface area (Å²) < 4.78 is 32.6. The zero-order chi connectivity index (χ0) is 11.6. The van der Waals surface area contributed by atoms with E-state index in [0.717, 1.165) is 6.07 Å². The third kappa shape index (κ3) is 4.03. The fourth-order valence-electron chi connectivity index (χ4n) is 1.20. The van der Waals surface area contributed by atoms with Gasteiger partial charge in [-0.25, -0.2) is 8.42 Å². The number of Topliss-reactive ketones (excluding diaryl/α,β-unsaturated/α-hetero) is 1. The van der Waals surface area contributed by atoms with E-state index in [1.165, 1.54) is 18.2 Å². The molecule has 1 aromatic carbocycles. The minimum Gasteiger partial charge on any atom is -0.744 e. The van der Waals surface area contributed by atoms with Gasteiger partial charge in [0.2, 0.25) is 0 Å². The van der Waals surface area contributed by atoms with Crippen LogP contribution in [0.3, 0.4) is 0 Å². The molecule has 0 radical (unpaired) electrons. The van der Waals surface area contributed by atoms with Crippen molar-refractivity contribution in [1.29, 1.82) is 0 Å². The Morgan fingerprint density at radius 1 is 1.25 bits per heavy atom. The largest absolute Gasteiger partial charge is 1.00 e. The molecule has 0 atom stereocenters. The Hall–Kier alpha value is 0.436. The molecule has 4 nitrogen and oxygen atoms in total. The van der Waals surface area contributed by atoms with Crippen molar-refractivity contribution in [3.8, 4) is 0 Å². The van der Waals surface area contributed by atoms with Crippen LogP contribution >= 0.6 is 0 Å². The van der Waals surface area contributed by atoms with Crippen LogP contribution in [0.5, 0.6) is 0 Å². The molecule has 0 saturated heterocycles. The van der Waals surface area contributed by atoms with E-state index in [1.54, 1.807) is 13.8 Å². The fourth-order valence-corrected chi connectivity index (χ4v) is 1.88. The molecule has 1 aromatic rings. The van der Waals surface area contributed by atoms with Crippen LogP contribution in [-0.4, -0.2) is 18.8 Å². The number of benzene rings is 1. The van der Waals surface area contributed by atoms with Crippen LogP contribution in [0.2, 0.25) is 0 Å². The van der Waals surface area contributed by atoms with Gasteiger partial charge in [0, 0.05) is 11.5 Å². The number of hydrogen-bond donors (Lipinski definition) is 0. The average Bonchev–Trinajstić information content (AvgIpc) is 2.15. The molecule has 0 amide bonds. The molecule has 82 valence electrons. The van der Waals surface area contributed by atoms with Crippen molar-refractivity contribution in [1.82, 2.24) is 0 Å². The number of carbonyl (C=O) groups is 1. The Morgan fingerprint density at radius 2 is 1.75 bits per heavy atom. The molecular formula is C10H11KO4S. The summed E-state index contributed by atoms with van der Waals surface area (Å²) in [4.78, 5) is 11.2. The summed E-state index contributed by atoms with van der Waals surface area (Å²) in [5, 5.41) is 0. The maximum absolute atomic E-state index is 11.6. The Balaban J connectivity index is 0.00000225. The number of rotatable bonds is 3. The maximum atomic E-state index is 11.6. The predicted octanol–water partition coefficient (Wildman–Crippen LogP) is -1.57. The monoisotopic (exact) mass is 266 g/mol. The molecule has 0 heterocycles. The molecule has 1 rings (SSSR count). The van der Waals surface area contributed by atoms with E-state index in [9.17, 15) is 17.8 Å². The number of ketones is 1. The molecule has 0 fully saturated rings. The molecule has 0 N–H and O–H groups in total. The molecule has 0 saturated carbocycles. The summed E-state index contributed by atoms with van der Waals surface area (Å²) in [5.41, 5.74) is -0.0255. The summed E-state index contributed by atoms with van der Waals surface area (Å²) in [6.45, 7) is 3.30. The molecule has 0 spiro atoms. The van der Waals surface area contributed by atoms with E-state index < -0.39 is 15.0 Å². The van der Waals surface area contributed by atoms with Gasteiger partial charge >= 0.3 is 51.4 Å². The van der Waals surface area contributed by atoms with Gasteiger partial charge in [-0.3, -0.25) is 4.79 Å². The van der Waals surface area contributed by atoms with Gasteiger partial charge < -0.3 is 4.55 Å². The van der Waals surface area contributed by atoms with E-state index >= 15 is 0 Å². The summed E-state index contributed by atoms with van der Waals surface area (Å²) in [6, 6.07) is 5.46. The SMILES string of the molecule is CC(C)C(=O)c1ccccc1S(=O)(=O)[O-].[K+]. The second kappa shape index (κ2) is 6.39. The standard InChI is InChI=1S/C10H12O4S.K/c1-7(2)10(11)8-5-3-4-6-9(8)15(12,13)14;/h3-7H,1-2H3,(H,12,13,14);/q;+1/p-1. The molecule has 0 aliphatic carbocycles. The Labute approximate surface area is 138 Å². The first kappa shape index (κ1) is 16.4. The Bertz CT molecular complexity index is 479. The van der Waals surface area contributed by atoms with Gasteiger partial charge in [-0.15, -0.1) is 0 Å². The molecule has 16 heavy (non-hydrogen) atoms. The van der Waals surface area contributed by atoms with Crippen LogP contribution in [0.4, 0.5) is 0 Å². The van der Waals surface area contributed by atoms with Crippen molar-refractivity contribution in [2.75, 3.05) is 0 Å². The Kier molecular flexibility index (Phi) is 6.57.